The number of hydrogen-bond acceptors (Lipinski definition) is 1. The molecule has 0 radical (unpaired) electrons. The largest absolute Gasteiger partial charge is 2.00 e. The average Bonchev–Trinajstić information content (AvgIpc) is 1.94. The van der Waals surface area contributed by atoms with E-state index in [4.69, 9.17) is 11.8 Å². The van der Waals surface area contributed by atoms with Crippen LogP contribution in [0.5, 0.6) is 0 Å². The van der Waals surface area contributed by atoms with Crippen molar-refractivity contribution in [1.82, 2.24) is 0 Å². The van der Waals surface area contributed by atoms with Crippen LogP contribution < -0.4 is 0 Å². The first-order chi connectivity index (χ1) is 4.39. The third-order valence-corrected chi connectivity index (χ3v) is 0.843. The summed E-state index contributed by atoms with van der Waals surface area (Å²) in [5.41, 5.74) is 1.07. The third kappa shape index (κ3) is 9.68. The Hall–Kier alpha value is -0.317. The summed E-state index contributed by atoms with van der Waals surface area (Å²) in [5.74, 6) is 0. The average molecular weight is 263 g/mol. The Morgan fingerprint density at radius 2 is 1.45 bits per heavy atom. The smallest absolute Gasteiger partial charge is 0.512 e. The van der Waals surface area contributed by atoms with E-state index in [1.165, 1.54) is 0 Å². The van der Waals surface area contributed by atoms with Gasteiger partial charge in [-0.25, -0.2) is 0 Å². The van der Waals surface area contributed by atoms with Gasteiger partial charge in [-0.2, -0.15) is 24.6 Å². The molecule has 0 amide bonds. The third-order valence-electron chi connectivity index (χ3n) is 0.843. The normalized spacial score (nSPS) is 5.64. The van der Waals surface area contributed by atoms with E-state index in [9.17, 15) is 0 Å². The fraction of sp³-hybridized carbons (Fsp3) is 0. The monoisotopic (exact) mass is 261 g/mol. The zero-order valence-corrected chi connectivity index (χ0v) is 10.8. The van der Waals surface area contributed by atoms with Crippen LogP contribution in [0.3, 0.4) is 0 Å². The number of benzene rings is 1. The van der Waals surface area contributed by atoms with Crippen molar-refractivity contribution in [2.75, 3.05) is 0 Å². The molecule has 0 heterocycles. The maximum absolute atomic E-state index is 6.25. The Balaban J connectivity index is -0.000000149. The predicted octanol–water partition coefficient (Wildman–Crippen LogP) is 2.54. The second kappa shape index (κ2) is 12.4. The summed E-state index contributed by atoms with van der Waals surface area (Å²) in [6.07, 6.45) is 0. The van der Waals surface area contributed by atoms with Crippen LogP contribution in [-0.4, -0.2) is 0 Å². The molecule has 11 heavy (non-hydrogen) atoms. The standard InChI is InChI=1S/C7H7.CN.BrH.Zn/c1-7-5-3-2-4-6-7;1-2;;/h2-6H,1H2;;1H;/q2*-1;;+2. The maximum atomic E-state index is 6.25. The van der Waals surface area contributed by atoms with E-state index in [1.54, 1.807) is 0 Å². The molecule has 1 aromatic carbocycles. The van der Waals surface area contributed by atoms with Crippen molar-refractivity contribution in [3.8, 4) is 0 Å². The summed E-state index contributed by atoms with van der Waals surface area (Å²) in [6, 6.07) is 9.87. The molecule has 0 spiro atoms. The van der Waals surface area contributed by atoms with Crippen molar-refractivity contribution in [3.63, 3.8) is 0 Å². The van der Waals surface area contributed by atoms with E-state index in [1.807, 2.05) is 30.3 Å². The van der Waals surface area contributed by atoms with Crippen LogP contribution in [0.15, 0.2) is 30.3 Å². The maximum Gasteiger partial charge on any atom is 2.00 e. The summed E-state index contributed by atoms with van der Waals surface area (Å²) in [4.78, 5) is 0. The van der Waals surface area contributed by atoms with Gasteiger partial charge in [0.05, 0.1) is 0 Å². The second-order valence-corrected chi connectivity index (χ2v) is 1.49. The molecule has 0 aliphatic rings. The van der Waals surface area contributed by atoms with Crippen LogP contribution in [-0.2, 0) is 19.5 Å². The molecule has 0 N–H and O–H groups in total. The number of halogens is 1. The van der Waals surface area contributed by atoms with Gasteiger partial charge in [0.15, 0.2) is 0 Å². The van der Waals surface area contributed by atoms with Crippen LogP contribution in [0.25, 0.3) is 0 Å². The molecule has 54 valence electrons. The van der Waals surface area contributed by atoms with Gasteiger partial charge in [0.1, 0.15) is 0 Å². The van der Waals surface area contributed by atoms with E-state index in [2.05, 4.69) is 6.92 Å². The van der Waals surface area contributed by atoms with E-state index >= 15 is 0 Å². The topological polar surface area (TPSA) is 23.8 Å². The molecule has 0 aromatic heterocycles. The van der Waals surface area contributed by atoms with Gasteiger partial charge in [0.25, 0.3) is 0 Å². The Bertz CT molecular complexity index is 174. The zero-order chi connectivity index (χ0) is 7.11. The van der Waals surface area contributed by atoms with Gasteiger partial charge >= 0.3 is 19.5 Å². The van der Waals surface area contributed by atoms with Gasteiger partial charge in [-0.1, -0.05) is 6.07 Å². The Morgan fingerprint density at radius 3 is 1.64 bits per heavy atom. The van der Waals surface area contributed by atoms with Crippen molar-refractivity contribution in [3.05, 3.63) is 49.4 Å². The predicted molar refractivity (Wildman–Crippen MR) is 46.2 cm³/mol. The van der Waals surface area contributed by atoms with Crippen molar-refractivity contribution in [2.24, 2.45) is 0 Å². The van der Waals surface area contributed by atoms with Gasteiger partial charge in [0.2, 0.25) is 0 Å². The SMILES string of the molecule is Br.[C-]#N.[CH2-]c1ccccc1.[Zn+2]. The molecular formula is C8H8BrNZn. The quantitative estimate of drug-likeness (QED) is 0.521. The molecule has 1 aromatic rings. The zero-order valence-electron chi connectivity index (χ0n) is 6.16. The van der Waals surface area contributed by atoms with Crippen molar-refractivity contribution in [2.45, 2.75) is 0 Å². The summed E-state index contributed by atoms with van der Waals surface area (Å²) in [6.45, 7) is 8.47. The van der Waals surface area contributed by atoms with Crippen molar-refractivity contribution in [1.29, 1.82) is 5.26 Å². The minimum atomic E-state index is 0. The van der Waals surface area contributed by atoms with Crippen molar-refractivity contribution < 1.29 is 19.5 Å². The molecule has 0 saturated heterocycles. The molecule has 1 rings (SSSR count). The van der Waals surface area contributed by atoms with Crippen molar-refractivity contribution >= 4 is 17.0 Å². The van der Waals surface area contributed by atoms with Crippen LogP contribution in [0.2, 0.25) is 0 Å². The molecule has 0 saturated carbocycles. The Kier molecular flexibility index (Phi) is 19.1. The molecule has 0 unspecified atom stereocenters. The molecule has 1 nitrogen and oxygen atoms in total. The number of hydrogen-bond donors (Lipinski definition) is 0. The van der Waals surface area contributed by atoms with E-state index in [0.717, 1.165) is 5.56 Å². The summed E-state index contributed by atoms with van der Waals surface area (Å²) in [7, 11) is 0. The molecule has 0 fully saturated rings. The molecule has 0 bridgehead atoms. The fourth-order valence-electron chi connectivity index (χ4n) is 0.478. The van der Waals surface area contributed by atoms with Gasteiger partial charge in [-0.3, -0.25) is 0 Å². The second-order valence-electron chi connectivity index (χ2n) is 1.49. The summed E-state index contributed by atoms with van der Waals surface area (Å²) >= 11 is 0. The van der Waals surface area contributed by atoms with E-state index < -0.39 is 0 Å². The van der Waals surface area contributed by atoms with Crippen LogP contribution in [0, 0.1) is 18.8 Å². The van der Waals surface area contributed by atoms with Gasteiger partial charge in [-0.05, 0) is 0 Å². The van der Waals surface area contributed by atoms with Gasteiger partial charge in [-0.15, -0.1) is 29.1 Å². The number of nitrogens with zero attached hydrogens (tertiary/aromatic N) is 1. The summed E-state index contributed by atoms with van der Waals surface area (Å²) in [5, 5.41) is 6.25. The molecular weight excluding hydrogens is 255 g/mol. The first-order valence-electron chi connectivity index (χ1n) is 2.49. The first-order valence-corrected chi connectivity index (χ1v) is 2.49. The fourth-order valence-corrected chi connectivity index (χ4v) is 0.478. The summed E-state index contributed by atoms with van der Waals surface area (Å²) < 4.78 is 0. The number of rotatable bonds is 0. The molecule has 3 heteroatoms. The first kappa shape index (κ1) is 17.0. The molecule has 0 aliphatic heterocycles. The minimum Gasteiger partial charge on any atom is -0.512 e. The molecule has 0 atom stereocenters. The molecule has 0 aliphatic carbocycles. The van der Waals surface area contributed by atoms with Crippen LogP contribution in [0.4, 0.5) is 0 Å². The van der Waals surface area contributed by atoms with Gasteiger partial charge in [0, 0.05) is 0 Å². The van der Waals surface area contributed by atoms with Crippen LogP contribution in [0.1, 0.15) is 5.56 Å². The van der Waals surface area contributed by atoms with E-state index in [-0.39, 0.29) is 36.5 Å². The van der Waals surface area contributed by atoms with E-state index in [0.29, 0.717) is 0 Å². The minimum absolute atomic E-state index is 0. The Labute approximate surface area is 91.0 Å². The van der Waals surface area contributed by atoms with Crippen LogP contribution >= 0.6 is 17.0 Å². The Morgan fingerprint density at radius 1 is 1.09 bits per heavy atom. The van der Waals surface area contributed by atoms with Gasteiger partial charge < -0.3 is 11.8 Å².